The molecule has 2 aromatic heterocycles. The first-order valence-electron chi connectivity index (χ1n) is 10.2. The molecule has 4 rings (SSSR count). The van der Waals surface area contributed by atoms with Gasteiger partial charge >= 0.3 is 0 Å². The van der Waals surface area contributed by atoms with Gasteiger partial charge in [0.2, 0.25) is 15.7 Å². The lowest BCUT2D eigenvalue weighted by atomic mass is 10.2. The number of nitrogens with one attached hydrogen (secondary N) is 1. The summed E-state index contributed by atoms with van der Waals surface area (Å²) in [7, 11) is 3.60. The van der Waals surface area contributed by atoms with Gasteiger partial charge in [-0.15, -0.1) is 0 Å². The molecule has 0 spiro atoms. The van der Waals surface area contributed by atoms with Crippen molar-refractivity contribution in [2.45, 2.75) is 3.79 Å². The highest BCUT2D eigenvalue weighted by molar-refractivity contribution is 6.66. The van der Waals surface area contributed by atoms with E-state index < -0.39 is 3.79 Å². The number of alkyl halides is 3. The molecule has 9 nitrogen and oxygen atoms in total. The van der Waals surface area contributed by atoms with Crippen molar-refractivity contribution in [3.8, 4) is 5.75 Å². The number of anilines is 3. The maximum Gasteiger partial charge on any atom is 0.250 e. The van der Waals surface area contributed by atoms with Crippen molar-refractivity contribution >= 4 is 58.6 Å². The van der Waals surface area contributed by atoms with E-state index in [-0.39, 0.29) is 11.8 Å². The highest BCUT2D eigenvalue weighted by atomic mass is 35.6. The third kappa shape index (κ3) is 5.61. The fourth-order valence-corrected chi connectivity index (χ4v) is 3.74. The number of halogens is 3. The van der Waals surface area contributed by atoms with Crippen LogP contribution in [-0.2, 0) is 10.8 Å². The zero-order valence-electron chi connectivity index (χ0n) is 18.1. The van der Waals surface area contributed by atoms with E-state index in [9.17, 15) is 0 Å². The topological polar surface area (TPSA) is 83.7 Å². The number of aryl methyl sites for hydroxylation is 1. The number of hydrogen-bond acceptors (Lipinski definition) is 8. The average molecular weight is 510 g/mol. The zero-order valence-corrected chi connectivity index (χ0v) is 20.4. The van der Waals surface area contributed by atoms with Crippen molar-refractivity contribution in [2.24, 2.45) is 12.1 Å². The molecule has 1 saturated heterocycles. The first kappa shape index (κ1) is 23.4. The third-order valence-corrected chi connectivity index (χ3v) is 5.72. The van der Waals surface area contributed by atoms with Crippen LogP contribution in [0.25, 0.3) is 0 Å². The van der Waals surface area contributed by atoms with Crippen LogP contribution in [0.1, 0.15) is 11.5 Å². The highest BCUT2D eigenvalue weighted by Gasteiger charge is 2.30. The minimum Gasteiger partial charge on any atom is -0.495 e. The standard InChI is InChI=1S/C21H23Cl3N8O/c1-30-9-5-6-15(30)14-25-29-19-26-18(21(22,23)24)27-20(28-19)32-12-10-31(11-13-32)16-7-3-4-8-17(16)33-2/h3-9,14H,10-13H2,1-2H3,(H,26,27,28,29)/b25-14+. The molecule has 0 unspecified atom stereocenters. The molecule has 1 N–H and O–H groups in total. The van der Waals surface area contributed by atoms with Crippen molar-refractivity contribution in [1.29, 1.82) is 0 Å². The normalized spacial score (nSPS) is 14.7. The molecule has 1 aliphatic rings. The number of rotatable bonds is 6. The molecule has 33 heavy (non-hydrogen) atoms. The molecule has 0 bridgehead atoms. The largest absolute Gasteiger partial charge is 0.495 e. The van der Waals surface area contributed by atoms with Gasteiger partial charge in [0.25, 0.3) is 0 Å². The smallest absolute Gasteiger partial charge is 0.250 e. The molecule has 0 saturated carbocycles. The Morgan fingerprint density at radius 3 is 2.39 bits per heavy atom. The number of piperazine rings is 1. The predicted molar refractivity (Wildman–Crippen MR) is 133 cm³/mol. The first-order valence-corrected chi connectivity index (χ1v) is 11.3. The Hall–Kier alpha value is -2.75. The maximum atomic E-state index is 6.08. The number of hydrogen-bond donors (Lipinski definition) is 1. The first-order chi connectivity index (χ1) is 15.8. The van der Waals surface area contributed by atoms with Crippen LogP contribution in [0, 0.1) is 0 Å². The lowest BCUT2D eigenvalue weighted by molar-refractivity contribution is 0.413. The zero-order chi connectivity index (χ0) is 23.4. The van der Waals surface area contributed by atoms with Gasteiger partial charge in [0.05, 0.1) is 24.7 Å². The van der Waals surface area contributed by atoms with Crippen molar-refractivity contribution in [2.75, 3.05) is 48.5 Å². The Balaban J connectivity index is 1.51. The molecule has 0 aliphatic carbocycles. The van der Waals surface area contributed by atoms with Crippen LogP contribution in [0.3, 0.4) is 0 Å². The third-order valence-electron chi connectivity index (χ3n) is 5.21. The molecular formula is C21H23Cl3N8O. The van der Waals surface area contributed by atoms with Crippen LogP contribution >= 0.6 is 34.8 Å². The molecule has 0 radical (unpaired) electrons. The van der Waals surface area contributed by atoms with E-state index in [1.807, 2.05) is 59.1 Å². The number of para-hydroxylation sites is 2. The SMILES string of the molecule is COc1ccccc1N1CCN(c2nc(N/N=C/c3cccn3C)nc(C(Cl)(Cl)Cl)n2)CC1. The van der Waals surface area contributed by atoms with Gasteiger partial charge in [-0.3, -0.25) is 0 Å². The Morgan fingerprint density at radius 2 is 1.73 bits per heavy atom. The Labute approximate surface area is 206 Å². The lowest BCUT2D eigenvalue weighted by Gasteiger charge is -2.36. The van der Waals surface area contributed by atoms with Gasteiger partial charge < -0.3 is 19.1 Å². The monoisotopic (exact) mass is 508 g/mol. The van der Waals surface area contributed by atoms with Crippen LogP contribution in [0.5, 0.6) is 5.75 Å². The number of methoxy groups -OCH3 is 1. The number of aromatic nitrogens is 4. The molecule has 1 fully saturated rings. The molecule has 174 valence electrons. The summed E-state index contributed by atoms with van der Waals surface area (Å²) in [5.74, 6) is 1.48. The van der Waals surface area contributed by atoms with Crippen molar-refractivity contribution < 1.29 is 4.74 Å². The number of benzene rings is 1. The molecule has 1 aromatic carbocycles. The molecule has 3 aromatic rings. The van der Waals surface area contributed by atoms with Crippen molar-refractivity contribution in [3.05, 3.63) is 54.1 Å². The molecule has 12 heteroatoms. The summed E-state index contributed by atoms with van der Waals surface area (Å²) < 4.78 is 5.63. The minimum absolute atomic E-state index is 0.0289. The molecule has 0 amide bonds. The Bertz CT molecular complexity index is 1120. The van der Waals surface area contributed by atoms with Crippen LogP contribution in [0.2, 0.25) is 0 Å². The Morgan fingerprint density at radius 1 is 1.00 bits per heavy atom. The van der Waals surface area contributed by atoms with E-state index in [0.29, 0.717) is 19.0 Å². The highest BCUT2D eigenvalue weighted by Crippen LogP contribution is 2.37. The van der Waals surface area contributed by atoms with Crippen LogP contribution in [-0.4, -0.2) is 59.0 Å². The van der Waals surface area contributed by atoms with Crippen LogP contribution in [0.15, 0.2) is 47.7 Å². The summed E-state index contributed by atoms with van der Waals surface area (Å²) in [5, 5.41) is 4.21. The van der Waals surface area contributed by atoms with E-state index >= 15 is 0 Å². The Kier molecular flexibility index (Phi) is 7.11. The molecule has 1 aliphatic heterocycles. The molecule has 0 atom stereocenters. The average Bonchev–Trinajstić information content (AvgIpc) is 3.23. The van der Waals surface area contributed by atoms with Crippen molar-refractivity contribution in [3.63, 3.8) is 0 Å². The van der Waals surface area contributed by atoms with Gasteiger partial charge in [0.15, 0.2) is 5.82 Å². The van der Waals surface area contributed by atoms with E-state index in [2.05, 4.69) is 30.4 Å². The maximum absolute atomic E-state index is 6.08. The predicted octanol–water partition coefficient (Wildman–Crippen LogP) is 3.82. The fourth-order valence-electron chi connectivity index (χ4n) is 3.49. The second kappa shape index (κ2) is 10.0. The minimum atomic E-state index is -1.80. The summed E-state index contributed by atoms with van der Waals surface area (Å²) in [6.45, 7) is 2.86. The second-order valence-electron chi connectivity index (χ2n) is 7.34. The van der Waals surface area contributed by atoms with E-state index in [1.54, 1.807) is 13.3 Å². The van der Waals surface area contributed by atoms with E-state index in [1.165, 1.54) is 0 Å². The number of ether oxygens (including phenoxy) is 1. The summed E-state index contributed by atoms with van der Waals surface area (Å²) in [4.78, 5) is 17.4. The van der Waals surface area contributed by atoms with Crippen LogP contribution < -0.4 is 20.0 Å². The van der Waals surface area contributed by atoms with Gasteiger partial charge in [0, 0.05) is 39.4 Å². The van der Waals surface area contributed by atoms with Crippen molar-refractivity contribution in [1.82, 2.24) is 19.5 Å². The van der Waals surface area contributed by atoms with Crippen LogP contribution in [0.4, 0.5) is 17.6 Å². The van der Waals surface area contributed by atoms with Gasteiger partial charge in [0.1, 0.15) is 5.75 Å². The second-order valence-corrected chi connectivity index (χ2v) is 9.62. The van der Waals surface area contributed by atoms with Gasteiger partial charge in [-0.1, -0.05) is 46.9 Å². The van der Waals surface area contributed by atoms with E-state index in [4.69, 9.17) is 39.5 Å². The summed E-state index contributed by atoms with van der Waals surface area (Å²) in [6.07, 6.45) is 3.58. The van der Waals surface area contributed by atoms with E-state index in [0.717, 1.165) is 30.2 Å². The fraction of sp³-hybridized carbons (Fsp3) is 0.333. The van der Waals surface area contributed by atoms with Gasteiger partial charge in [-0.05, 0) is 24.3 Å². The summed E-state index contributed by atoms with van der Waals surface area (Å²) in [6, 6.07) is 11.8. The lowest BCUT2D eigenvalue weighted by Crippen LogP contribution is -2.47. The summed E-state index contributed by atoms with van der Waals surface area (Å²) in [5.41, 5.74) is 4.77. The number of nitrogens with zero attached hydrogens (tertiary/aromatic N) is 7. The van der Waals surface area contributed by atoms with Gasteiger partial charge in [-0.2, -0.15) is 20.1 Å². The summed E-state index contributed by atoms with van der Waals surface area (Å²) >= 11 is 18.2. The van der Waals surface area contributed by atoms with Gasteiger partial charge in [-0.25, -0.2) is 5.43 Å². The number of hydrazone groups is 1. The quantitative estimate of drug-likeness (QED) is 0.307. The molecular weight excluding hydrogens is 487 g/mol. The molecule has 3 heterocycles.